The third-order valence-corrected chi connectivity index (χ3v) is 5.81. The second-order valence-electron chi connectivity index (χ2n) is 6.47. The molecular formula is C21H16F2N2O3S. The molecule has 0 atom stereocenters. The minimum atomic E-state index is -0.838. The van der Waals surface area contributed by atoms with E-state index >= 15 is 0 Å². The Labute approximate surface area is 168 Å². The summed E-state index contributed by atoms with van der Waals surface area (Å²) in [5.74, 6) is -2.72. The number of para-hydroxylation sites is 1. The molecule has 0 aliphatic heterocycles. The van der Waals surface area contributed by atoms with E-state index in [0.717, 1.165) is 28.1 Å². The number of anilines is 1. The first kappa shape index (κ1) is 19.1. The monoisotopic (exact) mass is 414 g/mol. The highest BCUT2D eigenvalue weighted by Crippen LogP contribution is 2.34. The molecule has 1 amide bonds. The molecule has 0 radical (unpaired) electrons. The summed E-state index contributed by atoms with van der Waals surface area (Å²) in [6.45, 7) is 1.98. The summed E-state index contributed by atoms with van der Waals surface area (Å²) in [5, 5.41) is 2.29. The van der Waals surface area contributed by atoms with Crippen LogP contribution >= 0.6 is 11.3 Å². The number of rotatable bonds is 4. The first-order chi connectivity index (χ1) is 13.9. The van der Waals surface area contributed by atoms with Gasteiger partial charge in [-0.2, -0.15) is 0 Å². The number of nitrogens with one attached hydrogen (secondary N) is 1. The second-order valence-corrected chi connectivity index (χ2v) is 7.56. The highest BCUT2D eigenvalue weighted by atomic mass is 32.1. The lowest BCUT2D eigenvalue weighted by Crippen LogP contribution is -2.12. The number of carbonyl (C=O) groups is 1. The van der Waals surface area contributed by atoms with Gasteiger partial charge in [0.1, 0.15) is 17.3 Å². The van der Waals surface area contributed by atoms with Crippen molar-refractivity contribution in [3.63, 3.8) is 0 Å². The Kier molecular flexibility index (Phi) is 4.79. The van der Waals surface area contributed by atoms with Gasteiger partial charge in [0.05, 0.1) is 10.4 Å². The number of oxazole rings is 1. The van der Waals surface area contributed by atoms with E-state index in [2.05, 4.69) is 5.32 Å². The van der Waals surface area contributed by atoms with Crippen LogP contribution in [0, 0.1) is 11.6 Å². The smallest absolute Gasteiger partial charge is 0.408 e. The van der Waals surface area contributed by atoms with Crippen LogP contribution in [-0.2, 0) is 13.5 Å². The summed E-state index contributed by atoms with van der Waals surface area (Å²) in [6.07, 6.45) is 0.698. The fourth-order valence-electron chi connectivity index (χ4n) is 3.13. The Morgan fingerprint density at radius 3 is 2.59 bits per heavy atom. The van der Waals surface area contributed by atoms with Crippen LogP contribution in [-0.4, -0.2) is 10.5 Å². The van der Waals surface area contributed by atoms with Crippen molar-refractivity contribution in [2.75, 3.05) is 5.32 Å². The minimum absolute atomic E-state index is 0.311. The maximum Gasteiger partial charge on any atom is 0.419 e. The lowest BCUT2D eigenvalue weighted by atomic mass is 10.0. The Morgan fingerprint density at radius 1 is 1.17 bits per heavy atom. The normalized spacial score (nSPS) is 11.2. The van der Waals surface area contributed by atoms with Gasteiger partial charge in [0.2, 0.25) is 0 Å². The Balaban J connectivity index is 1.71. The molecule has 0 saturated carbocycles. The van der Waals surface area contributed by atoms with E-state index in [4.69, 9.17) is 4.42 Å². The molecule has 2 heterocycles. The average Bonchev–Trinajstić information content (AvgIpc) is 3.29. The molecule has 0 fully saturated rings. The van der Waals surface area contributed by atoms with Crippen molar-refractivity contribution in [2.45, 2.75) is 13.3 Å². The van der Waals surface area contributed by atoms with E-state index in [9.17, 15) is 18.4 Å². The number of thiophene rings is 1. The molecule has 1 N–H and O–H groups in total. The zero-order chi connectivity index (χ0) is 20.7. The molecule has 29 heavy (non-hydrogen) atoms. The summed E-state index contributed by atoms with van der Waals surface area (Å²) in [6, 6.07) is 10.4. The third kappa shape index (κ3) is 3.36. The topological polar surface area (TPSA) is 64.2 Å². The minimum Gasteiger partial charge on any atom is -0.408 e. The summed E-state index contributed by atoms with van der Waals surface area (Å²) in [5.41, 5.74) is 2.51. The Hall–Kier alpha value is -3.26. The number of aromatic nitrogens is 1. The van der Waals surface area contributed by atoms with Crippen molar-refractivity contribution in [1.82, 2.24) is 4.57 Å². The van der Waals surface area contributed by atoms with E-state index in [-0.39, 0.29) is 0 Å². The molecule has 5 nitrogen and oxygen atoms in total. The van der Waals surface area contributed by atoms with Crippen LogP contribution in [0.5, 0.6) is 0 Å². The first-order valence-electron chi connectivity index (χ1n) is 8.87. The molecule has 0 spiro atoms. The van der Waals surface area contributed by atoms with Crippen molar-refractivity contribution in [1.29, 1.82) is 0 Å². The number of amides is 1. The van der Waals surface area contributed by atoms with E-state index in [1.165, 1.54) is 22.0 Å². The summed E-state index contributed by atoms with van der Waals surface area (Å²) in [7, 11) is 1.62. The number of hydrogen-bond acceptors (Lipinski definition) is 4. The standard InChI is InChI=1S/C21H16F2N2O3S/c1-3-11-9-16-15(25(2)21(27)28-16)10-12(11)17-7-8-18(29-17)20(26)24-19-13(22)5-4-6-14(19)23/h4-10H,3H2,1-2H3,(H,24,26). The van der Waals surface area contributed by atoms with Crippen LogP contribution in [0.2, 0.25) is 0 Å². The van der Waals surface area contributed by atoms with Crippen LogP contribution in [0.3, 0.4) is 0 Å². The largest absolute Gasteiger partial charge is 0.419 e. The summed E-state index contributed by atoms with van der Waals surface area (Å²) in [4.78, 5) is 25.4. The maximum atomic E-state index is 13.8. The predicted molar refractivity (Wildman–Crippen MR) is 108 cm³/mol. The molecule has 148 valence electrons. The molecule has 0 unspecified atom stereocenters. The Morgan fingerprint density at radius 2 is 1.90 bits per heavy atom. The lowest BCUT2D eigenvalue weighted by Gasteiger charge is -2.07. The van der Waals surface area contributed by atoms with Crippen molar-refractivity contribution in [2.24, 2.45) is 7.05 Å². The van der Waals surface area contributed by atoms with E-state index in [1.807, 2.05) is 19.1 Å². The number of fused-ring (bicyclic) bond motifs is 1. The molecule has 0 aliphatic rings. The van der Waals surface area contributed by atoms with Crippen LogP contribution in [0.25, 0.3) is 21.5 Å². The molecule has 0 aliphatic carbocycles. The number of halogens is 2. The van der Waals surface area contributed by atoms with Gasteiger partial charge in [-0.15, -0.1) is 11.3 Å². The Bertz CT molecular complexity index is 1280. The van der Waals surface area contributed by atoms with Crippen molar-refractivity contribution < 1.29 is 18.0 Å². The first-order valence-corrected chi connectivity index (χ1v) is 9.68. The molecule has 4 rings (SSSR count). The van der Waals surface area contributed by atoms with Gasteiger partial charge in [-0.1, -0.05) is 13.0 Å². The molecule has 0 saturated heterocycles. The SMILES string of the molecule is CCc1cc2oc(=O)n(C)c2cc1-c1ccc(C(=O)Nc2c(F)cccc2F)s1. The van der Waals surface area contributed by atoms with Crippen LogP contribution < -0.4 is 11.1 Å². The van der Waals surface area contributed by atoms with Crippen molar-refractivity contribution in [3.05, 3.63) is 75.1 Å². The highest BCUT2D eigenvalue weighted by molar-refractivity contribution is 7.17. The van der Waals surface area contributed by atoms with Gasteiger partial charge >= 0.3 is 5.76 Å². The second kappa shape index (κ2) is 7.29. The molecule has 8 heteroatoms. The molecule has 2 aromatic carbocycles. The van der Waals surface area contributed by atoms with Crippen molar-refractivity contribution in [3.8, 4) is 10.4 Å². The van der Waals surface area contributed by atoms with E-state index < -0.39 is 29.0 Å². The number of aryl methyl sites for hydroxylation is 2. The zero-order valence-electron chi connectivity index (χ0n) is 15.6. The highest BCUT2D eigenvalue weighted by Gasteiger charge is 2.18. The number of hydrogen-bond donors (Lipinski definition) is 1. The fourth-order valence-corrected chi connectivity index (χ4v) is 4.09. The van der Waals surface area contributed by atoms with E-state index in [0.29, 0.717) is 22.4 Å². The number of carbonyl (C=O) groups excluding carboxylic acids is 1. The fraction of sp³-hybridized carbons (Fsp3) is 0.143. The van der Waals surface area contributed by atoms with Gasteiger partial charge in [-0.25, -0.2) is 13.6 Å². The van der Waals surface area contributed by atoms with Crippen molar-refractivity contribution >= 4 is 34.0 Å². The van der Waals surface area contributed by atoms with Gasteiger partial charge in [-0.05, 0) is 53.9 Å². The zero-order valence-corrected chi connectivity index (χ0v) is 16.4. The van der Waals surface area contributed by atoms with Gasteiger partial charge in [0.25, 0.3) is 5.91 Å². The molecule has 4 aromatic rings. The van der Waals surface area contributed by atoms with Gasteiger partial charge in [0.15, 0.2) is 5.58 Å². The maximum absolute atomic E-state index is 13.8. The van der Waals surface area contributed by atoms with Gasteiger partial charge in [0, 0.05) is 11.9 Å². The molecule has 0 bridgehead atoms. The lowest BCUT2D eigenvalue weighted by molar-refractivity contribution is 0.102. The van der Waals surface area contributed by atoms with Crippen LogP contribution in [0.15, 0.2) is 51.7 Å². The number of benzene rings is 2. The molecular weight excluding hydrogens is 398 g/mol. The average molecular weight is 414 g/mol. The summed E-state index contributed by atoms with van der Waals surface area (Å²) < 4.78 is 34.2. The predicted octanol–water partition coefficient (Wildman–Crippen LogP) is 4.95. The van der Waals surface area contributed by atoms with Crippen LogP contribution in [0.1, 0.15) is 22.2 Å². The third-order valence-electron chi connectivity index (χ3n) is 4.69. The quantitative estimate of drug-likeness (QED) is 0.514. The summed E-state index contributed by atoms with van der Waals surface area (Å²) >= 11 is 1.20. The molecule has 2 aromatic heterocycles. The van der Waals surface area contributed by atoms with Crippen LogP contribution in [0.4, 0.5) is 14.5 Å². The number of nitrogens with zero attached hydrogens (tertiary/aromatic N) is 1. The van der Waals surface area contributed by atoms with Gasteiger partial charge < -0.3 is 9.73 Å². The van der Waals surface area contributed by atoms with E-state index in [1.54, 1.807) is 19.2 Å². The van der Waals surface area contributed by atoms with Gasteiger partial charge in [-0.3, -0.25) is 9.36 Å².